The zero-order valence-corrected chi connectivity index (χ0v) is 17.0. The second kappa shape index (κ2) is 7.16. The van der Waals surface area contributed by atoms with Crippen molar-refractivity contribution in [2.24, 2.45) is 28.8 Å². The quantitative estimate of drug-likeness (QED) is 0.228. The van der Waals surface area contributed by atoms with Crippen LogP contribution >= 0.6 is 15.9 Å². The number of hydrazone groups is 1. The molecule has 2 amide bonds. The van der Waals surface area contributed by atoms with Gasteiger partial charge in [0.25, 0.3) is 11.8 Å². The average molecular weight is 447 g/mol. The highest BCUT2D eigenvalue weighted by atomic mass is 79.9. The van der Waals surface area contributed by atoms with Crippen LogP contribution in [0.4, 0.5) is 0 Å². The summed E-state index contributed by atoms with van der Waals surface area (Å²) in [7, 11) is 0. The van der Waals surface area contributed by atoms with Gasteiger partial charge in [0.1, 0.15) is 0 Å². The molecule has 1 aliphatic heterocycles. The normalized spacial score (nSPS) is 27.8. The average Bonchev–Trinajstić information content (AvgIpc) is 3.31. The minimum Gasteiger partial charge on any atom is -0.490 e. The number of benzene rings is 1. The molecule has 0 N–H and O–H groups in total. The van der Waals surface area contributed by atoms with Gasteiger partial charge in [0, 0.05) is 17.0 Å². The van der Waals surface area contributed by atoms with Crippen LogP contribution in [0.5, 0.6) is 11.5 Å². The SMILES string of the molecule is CCOc1cc(C=NN2C(=O)[C@@H]3[C@H](C2=O)[C@H]2C=C[C@H]3C2)c(Br)cc1OC(C)=O. The number of allylic oxidation sites excluding steroid dienone is 2. The number of esters is 1. The van der Waals surface area contributed by atoms with E-state index in [1.54, 1.807) is 12.1 Å². The van der Waals surface area contributed by atoms with Gasteiger partial charge >= 0.3 is 5.97 Å². The summed E-state index contributed by atoms with van der Waals surface area (Å²) in [5.41, 5.74) is 0.595. The first-order valence-corrected chi connectivity index (χ1v) is 9.95. The number of carbonyl (C=O) groups excluding carboxylic acids is 3. The molecule has 3 aliphatic rings. The molecular weight excluding hydrogens is 428 g/mol. The van der Waals surface area contributed by atoms with E-state index in [4.69, 9.17) is 9.47 Å². The smallest absolute Gasteiger partial charge is 0.308 e. The van der Waals surface area contributed by atoms with Gasteiger partial charge in [-0.1, -0.05) is 12.2 Å². The standard InChI is InChI=1S/C20H19BrN2O5/c1-3-27-15-7-13(14(21)8-16(15)28-10(2)24)9-22-23-19(25)17-11-4-5-12(6-11)18(17)20(23)26/h4-5,7-9,11-12,17-18H,3,6H2,1-2H3/t11-,12-,17-,18+/m0/s1. The Bertz CT molecular complexity index is 895. The maximum Gasteiger partial charge on any atom is 0.308 e. The molecule has 0 unspecified atom stereocenters. The van der Waals surface area contributed by atoms with E-state index in [1.807, 2.05) is 19.1 Å². The summed E-state index contributed by atoms with van der Waals surface area (Å²) in [5, 5.41) is 5.17. The summed E-state index contributed by atoms with van der Waals surface area (Å²) in [6.07, 6.45) is 6.41. The number of halogens is 1. The van der Waals surface area contributed by atoms with E-state index in [1.165, 1.54) is 13.1 Å². The first-order valence-electron chi connectivity index (χ1n) is 9.15. The highest BCUT2D eigenvalue weighted by molar-refractivity contribution is 9.10. The van der Waals surface area contributed by atoms with E-state index in [0.29, 0.717) is 22.4 Å². The van der Waals surface area contributed by atoms with Gasteiger partial charge < -0.3 is 9.47 Å². The second-order valence-corrected chi connectivity index (χ2v) is 7.93. The van der Waals surface area contributed by atoms with Crippen molar-refractivity contribution in [3.05, 3.63) is 34.3 Å². The molecule has 0 spiro atoms. The molecule has 1 saturated carbocycles. The van der Waals surface area contributed by atoms with Gasteiger partial charge in [-0.15, -0.1) is 0 Å². The molecule has 2 fully saturated rings. The van der Waals surface area contributed by atoms with Crippen molar-refractivity contribution in [3.8, 4) is 11.5 Å². The van der Waals surface area contributed by atoms with Crippen molar-refractivity contribution in [1.82, 2.24) is 5.01 Å². The van der Waals surface area contributed by atoms with Gasteiger partial charge in [0.2, 0.25) is 0 Å². The zero-order valence-electron chi connectivity index (χ0n) is 15.4. The fraction of sp³-hybridized carbons (Fsp3) is 0.400. The third kappa shape index (κ3) is 3.05. The summed E-state index contributed by atoms with van der Waals surface area (Å²) in [6, 6.07) is 3.24. The summed E-state index contributed by atoms with van der Waals surface area (Å²) in [4.78, 5) is 36.7. The highest BCUT2D eigenvalue weighted by Crippen LogP contribution is 2.52. The molecule has 4 rings (SSSR count). The molecular formula is C20H19BrN2O5. The van der Waals surface area contributed by atoms with Crippen LogP contribution in [0.15, 0.2) is 33.9 Å². The van der Waals surface area contributed by atoms with Gasteiger partial charge in [0.05, 0.1) is 24.7 Å². The first kappa shape index (κ1) is 18.9. The van der Waals surface area contributed by atoms with Gasteiger partial charge in [-0.25, -0.2) is 0 Å². The van der Waals surface area contributed by atoms with Crippen LogP contribution in [0.1, 0.15) is 25.8 Å². The van der Waals surface area contributed by atoms with Gasteiger partial charge in [-0.2, -0.15) is 10.1 Å². The van der Waals surface area contributed by atoms with Crippen molar-refractivity contribution < 1.29 is 23.9 Å². The fourth-order valence-corrected chi connectivity index (χ4v) is 4.70. The van der Waals surface area contributed by atoms with Crippen molar-refractivity contribution in [3.63, 3.8) is 0 Å². The molecule has 146 valence electrons. The number of hydrogen-bond donors (Lipinski definition) is 0. The van der Waals surface area contributed by atoms with E-state index in [9.17, 15) is 14.4 Å². The number of ether oxygens (including phenoxy) is 2. The molecule has 1 saturated heterocycles. The van der Waals surface area contributed by atoms with Crippen LogP contribution in [0.25, 0.3) is 0 Å². The minimum absolute atomic E-state index is 0.144. The van der Waals surface area contributed by atoms with Crippen molar-refractivity contribution >= 4 is 39.9 Å². The molecule has 4 atom stereocenters. The summed E-state index contributed by atoms with van der Waals surface area (Å²) in [6.45, 7) is 3.51. The number of fused-ring (bicyclic) bond motifs is 5. The van der Waals surface area contributed by atoms with Crippen LogP contribution in [0.3, 0.4) is 0 Å². The predicted octanol–water partition coefficient (Wildman–Crippen LogP) is 2.91. The van der Waals surface area contributed by atoms with Gasteiger partial charge in [0.15, 0.2) is 11.5 Å². The molecule has 28 heavy (non-hydrogen) atoms. The lowest BCUT2D eigenvalue weighted by molar-refractivity contribution is -0.140. The number of hydrogen-bond acceptors (Lipinski definition) is 6. The lowest BCUT2D eigenvalue weighted by Gasteiger charge is -2.13. The lowest BCUT2D eigenvalue weighted by Crippen LogP contribution is -2.28. The van der Waals surface area contributed by atoms with Gasteiger partial charge in [-0.3, -0.25) is 14.4 Å². The topological polar surface area (TPSA) is 85.3 Å². The van der Waals surface area contributed by atoms with Crippen LogP contribution < -0.4 is 9.47 Å². The maximum absolute atomic E-state index is 12.7. The predicted molar refractivity (Wildman–Crippen MR) is 104 cm³/mol. The zero-order chi connectivity index (χ0) is 20.0. The first-order chi connectivity index (χ1) is 13.4. The Morgan fingerprint density at radius 2 is 1.86 bits per heavy atom. The summed E-state index contributed by atoms with van der Waals surface area (Å²) >= 11 is 3.40. The van der Waals surface area contributed by atoms with Crippen molar-refractivity contribution in [2.45, 2.75) is 20.3 Å². The van der Waals surface area contributed by atoms with Crippen LogP contribution in [0, 0.1) is 23.7 Å². The van der Waals surface area contributed by atoms with Crippen LogP contribution in [-0.2, 0) is 14.4 Å². The number of imide groups is 1. The molecule has 0 radical (unpaired) electrons. The maximum atomic E-state index is 12.7. The molecule has 1 heterocycles. The van der Waals surface area contributed by atoms with E-state index < -0.39 is 5.97 Å². The summed E-state index contributed by atoms with van der Waals surface area (Å²) in [5.74, 6) is -0.554. The third-order valence-electron chi connectivity index (χ3n) is 5.38. The number of nitrogens with zero attached hydrogens (tertiary/aromatic N) is 2. The molecule has 7 nitrogen and oxygen atoms in total. The fourth-order valence-electron chi connectivity index (χ4n) is 4.27. The van der Waals surface area contributed by atoms with Gasteiger partial charge in [-0.05, 0) is 53.2 Å². The molecule has 0 aromatic heterocycles. The lowest BCUT2D eigenvalue weighted by atomic mass is 9.85. The molecule has 2 aliphatic carbocycles. The third-order valence-corrected chi connectivity index (χ3v) is 6.06. The van der Waals surface area contributed by atoms with E-state index >= 15 is 0 Å². The van der Waals surface area contributed by atoms with Crippen LogP contribution in [0.2, 0.25) is 0 Å². The Morgan fingerprint density at radius 3 is 2.43 bits per heavy atom. The van der Waals surface area contributed by atoms with E-state index in [0.717, 1.165) is 11.4 Å². The highest BCUT2D eigenvalue weighted by Gasteiger charge is 2.59. The van der Waals surface area contributed by atoms with Crippen LogP contribution in [-0.4, -0.2) is 35.6 Å². The minimum atomic E-state index is -0.461. The molecule has 2 bridgehead atoms. The molecule has 1 aromatic rings. The van der Waals surface area contributed by atoms with Crippen molar-refractivity contribution in [1.29, 1.82) is 0 Å². The summed E-state index contributed by atoms with van der Waals surface area (Å²) < 4.78 is 11.3. The van der Waals surface area contributed by atoms with E-state index in [-0.39, 0.29) is 41.2 Å². The second-order valence-electron chi connectivity index (χ2n) is 7.08. The Hall–Kier alpha value is -2.48. The number of rotatable bonds is 5. The Labute approximate surface area is 170 Å². The van der Waals surface area contributed by atoms with Crippen molar-refractivity contribution in [2.75, 3.05) is 6.61 Å². The monoisotopic (exact) mass is 446 g/mol. The van der Waals surface area contributed by atoms with E-state index in [2.05, 4.69) is 21.0 Å². The number of carbonyl (C=O) groups is 3. The molecule has 8 heteroatoms. The Balaban J connectivity index is 1.59. The Kier molecular flexibility index (Phi) is 4.82. The Morgan fingerprint density at radius 1 is 1.21 bits per heavy atom. The molecule has 1 aromatic carbocycles. The largest absolute Gasteiger partial charge is 0.490 e. The number of amides is 2.